The van der Waals surface area contributed by atoms with Gasteiger partial charge in [0, 0.05) is 5.56 Å². The van der Waals surface area contributed by atoms with Crippen molar-refractivity contribution < 1.29 is 19.0 Å². The molecule has 84 valence electrons. The molecule has 0 aromatic heterocycles. The SMILES string of the molecule is COc1ccc(C(=O)C2=COCCO2)cc1. The van der Waals surface area contributed by atoms with Crippen LogP contribution in [0, 0.1) is 0 Å². The van der Waals surface area contributed by atoms with Crippen LogP contribution in [0.2, 0.25) is 0 Å². The van der Waals surface area contributed by atoms with E-state index >= 15 is 0 Å². The molecule has 0 amide bonds. The van der Waals surface area contributed by atoms with E-state index in [1.54, 1.807) is 31.4 Å². The number of ether oxygens (including phenoxy) is 3. The molecule has 1 aliphatic rings. The summed E-state index contributed by atoms with van der Waals surface area (Å²) in [6.45, 7) is 0.896. The molecule has 1 heterocycles. The Labute approximate surface area is 93.4 Å². The third kappa shape index (κ3) is 2.16. The molecule has 4 nitrogen and oxygen atoms in total. The molecular weight excluding hydrogens is 208 g/mol. The van der Waals surface area contributed by atoms with Crippen molar-refractivity contribution in [2.24, 2.45) is 0 Å². The summed E-state index contributed by atoms with van der Waals surface area (Å²) in [7, 11) is 1.58. The van der Waals surface area contributed by atoms with Gasteiger partial charge in [0.2, 0.25) is 11.5 Å². The zero-order valence-electron chi connectivity index (χ0n) is 8.93. The number of benzene rings is 1. The average Bonchev–Trinajstić information content (AvgIpc) is 2.39. The zero-order valence-corrected chi connectivity index (χ0v) is 8.93. The van der Waals surface area contributed by atoms with Crippen LogP contribution in [0.4, 0.5) is 0 Å². The second-order valence-electron chi connectivity index (χ2n) is 3.26. The van der Waals surface area contributed by atoms with Gasteiger partial charge in [-0.3, -0.25) is 4.79 Å². The van der Waals surface area contributed by atoms with Crippen molar-refractivity contribution in [3.63, 3.8) is 0 Å². The summed E-state index contributed by atoms with van der Waals surface area (Å²) in [6, 6.07) is 6.86. The molecule has 4 heteroatoms. The third-order valence-corrected chi connectivity index (χ3v) is 2.23. The first-order valence-electron chi connectivity index (χ1n) is 4.94. The summed E-state index contributed by atoms with van der Waals surface area (Å²) in [5, 5.41) is 0. The summed E-state index contributed by atoms with van der Waals surface area (Å²) in [5.41, 5.74) is 0.553. The molecule has 16 heavy (non-hydrogen) atoms. The van der Waals surface area contributed by atoms with Gasteiger partial charge in [0.05, 0.1) is 7.11 Å². The molecule has 1 aliphatic heterocycles. The van der Waals surface area contributed by atoms with Crippen molar-refractivity contribution >= 4 is 5.78 Å². The number of Topliss-reactive ketones (excluding diaryl/α,β-unsaturated/α-hetero) is 1. The molecule has 0 fully saturated rings. The molecule has 2 rings (SSSR count). The van der Waals surface area contributed by atoms with Gasteiger partial charge in [-0.15, -0.1) is 0 Å². The normalized spacial score (nSPS) is 14.4. The predicted molar refractivity (Wildman–Crippen MR) is 57.3 cm³/mol. The van der Waals surface area contributed by atoms with Crippen molar-refractivity contribution in [1.82, 2.24) is 0 Å². The largest absolute Gasteiger partial charge is 0.497 e. The molecule has 1 aromatic rings. The molecule has 0 bridgehead atoms. The first kappa shape index (κ1) is 10.5. The first-order chi connectivity index (χ1) is 7.81. The van der Waals surface area contributed by atoms with Crippen LogP contribution in [0.5, 0.6) is 5.75 Å². The molecule has 0 atom stereocenters. The minimum atomic E-state index is -0.178. The highest BCUT2D eigenvalue weighted by Crippen LogP contribution is 2.16. The monoisotopic (exact) mass is 220 g/mol. The predicted octanol–water partition coefficient (Wildman–Crippen LogP) is 1.77. The minimum Gasteiger partial charge on any atom is -0.497 e. The molecular formula is C12H12O4. The van der Waals surface area contributed by atoms with E-state index in [0.29, 0.717) is 24.5 Å². The first-order valence-corrected chi connectivity index (χ1v) is 4.94. The number of hydrogen-bond donors (Lipinski definition) is 0. The smallest absolute Gasteiger partial charge is 0.230 e. The lowest BCUT2D eigenvalue weighted by Crippen LogP contribution is -2.15. The summed E-state index contributed by atoms with van der Waals surface area (Å²) in [5.74, 6) is 0.783. The number of hydrogen-bond acceptors (Lipinski definition) is 4. The van der Waals surface area contributed by atoms with E-state index in [1.165, 1.54) is 6.26 Å². The highest BCUT2D eigenvalue weighted by molar-refractivity contribution is 6.07. The van der Waals surface area contributed by atoms with Crippen molar-refractivity contribution in [1.29, 1.82) is 0 Å². The number of carbonyl (C=O) groups is 1. The Balaban J connectivity index is 2.16. The van der Waals surface area contributed by atoms with Crippen LogP contribution in [0.1, 0.15) is 10.4 Å². The van der Waals surface area contributed by atoms with Crippen LogP contribution in [0.25, 0.3) is 0 Å². The Kier molecular flexibility index (Phi) is 3.10. The fourth-order valence-corrected chi connectivity index (χ4v) is 1.37. The van der Waals surface area contributed by atoms with Crippen LogP contribution in [-0.4, -0.2) is 26.1 Å². The number of ketones is 1. The van der Waals surface area contributed by atoms with Crippen LogP contribution >= 0.6 is 0 Å². The van der Waals surface area contributed by atoms with Gasteiger partial charge in [0.15, 0.2) is 0 Å². The van der Waals surface area contributed by atoms with Crippen molar-refractivity contribution in [3.8, 4) is 5.75 Å². The summed E-state index contributed by atoms with van der Waals surface area (Å²) in [6.07, 6.45) is 1.36. The summed E-state index contributed by atoms with van der Waals surface area (Å²) in [4.78, 5) is 11.9. The Morgan fingerprint density at radius 1 is 1.25 bits per heavy atom. The Bertz CT molecular complexity index is 406. The zero-order chi connectivity index (χ0) is 11.4. The minimum absolute atomic E-state index is 0.178. The molecule has 0 saturated heterocycles. The van der Waals surface area contributed by atoms with E-state index < -0.39 is 0 Å². The molecule has 1 aromatic carbocycles. The molecule has 0 radical (unpaired) electrons. The number of carbonyl (C=O) groups excluding carboxylic acids is 1. The molecule has 0 aliphatic carbocycles. The molecule has 0 N–H and O–H groups in total. The third-order valence-electron chi connectivity index (χ3n) is 2.23. The van der Waals surface area contributed by atoms with E-state index in [9.17, 15) is 4.79 Å². The van der Waals surface area contributed by atoms with E-state index in [0.717, 1.165) is 0 Å². The van der Waals surface area contributed by atoms with Gasteiger partial charge in [-0.1, -0.05) is 0 Å². The fraction of sp³-hybridized carbons (Fsp3) is 0.250. The van der Waals surface area contributed by atoms with Gasteiger partial charge in [0.25, 0.3) is 0 Å². The maximum Gasteiger partial charge on any atom is 0.230 e. The van der Waals surface area contributed by atoms with Gasteiger partial charge < -0.3 is 14.2 Å². The van der Waals surface area contributed by atoms with E-state index in [2.05, 4.69) is 0 Å². The van der Waals surface area contributed by atoms with Crippen molar-refractivity contribution in [2.45, 2.75) is 0 Å². The second-order valence-corrected chi connectivity index (χ2v) is 3.26. The van der Waals surface area contributed by atoms with Crippen LogP contribution < -0.4 is 4.74 Å². The maximum atomic E-state index is 11.9. The number of allylic oxidation sites excluding steroid dienone is 1. The van der Waals surface area contributed by atoms with Crippen molar-refractivity contribution in [2.75, 3.05) is 20.3 Å². The van der Waals surface area contributed by atoms with E-state index in [-0.39, 0.29) is 11.5 Å². The van der Waals surface area contributed by atoms with Crippen molar-refractivity contribution in [3.05, 3.63) is 41.9 Å². The van der Waals surface area contributed by atoms with Gasteiger partial charge in [-0.25, -0.2) is 0 Å². The highest BCUT2D eigenvalue weighted by atomic mass is 16.6. The maximum absolute atomic E-state index is 11.9. The lowest BCUT2D eigenvalue weighted by Gasteiger charge is -2.14. The Morgan fingerprint density at radius 2 is 2.00 bits per heavy atom. The average molecular weight is 220 g/mol. The van der Waals surface area contributed by atoms with E-state index in [1.807, 2.05) is 0 Å². The van der Waals surface area contributed by atoms with E-state index in [4.69, 9.17) is 14.2 Å². The van der Waals surface area contributed by atoms with Gasteiger partial charge in [-0.05, 0) is 24.3 Å². The Hall–Kier alpha value is -1.97. The van der Waals surface area contributed by atoms with Crippen LogP contribution in [-0.2, 0) is 9.47 Å². The number of rotatable bonds is 3. The van der Waals surface area contributed by atoms with Gasteiger partial charge >= 0.3 is 0 Å². The van der Waals surface area contributed by atoms with Gasteiger partial charge in [-0.2, -0.15) is 0 Å². The summed E-state index contributed by atoms with van der Waals surface area (Å²) >= 11 is 0. The second kappa shape index (κ2) is 4.70. The molecule has 0 unspecified atom stereocenters. The topological polar surface area (TPSA) is 44.8 Å². The standard InChI is InChI=1S/C12H12O4/c1-14-10-4-2-9(3-5-10)12(13)11-8-15-6-7-16-11/h2-5,8H,6-7H2,1H3. The van der Waals surface area contributed by atoms with Crippen LogP contribution in [0.15, 0.2) is 36.3 Å². The quantitative estimate of drug-likeness (QED) is 0.728. The molecule has 0 saturated carbocycles. The Morgan fingerprint density at radius 3 is 2.56 bits per heavy atom. The van der Waals surface area contributed by atoms with Crippen LogP contribution in [0.3, 0.4) is 0 Å². The lowest BCUT2D eigenvalue weighted by atomic mass is 10.1. The number of methoxy groups -OCH3 is 1. The fourth-order valence-electron chi connectivity index (χ4n) is 1.37. The lowest BCUT2D eigenvalue weighted by molar-refractivity contribution is 0.0653. The highest BCUT2D eigenvalue weighted by Gasteiger charge is 2.16. The molecule has 0 spiro atoms. The summed E-state index contributed by atoms with van der Waals surface area (Å²) < 4.78 is 15.3. The van der Waals surface area contributed by atoms with Gasteiger partial charge in [0.1, 0.15) is 25.2 Å².